The highest BCUT2D eigenvalue weighted by molar-refractivity contribution is 5.54. The maximum atomic E-state index is 13.6. The first-order valence-corrected chi connectivity index (χ1v) is 5.85. The Morgan fingerprint density at radius 3 is 2.95 bits per heavy atom. The molecule has 0 aliphatic carbocycles. The molecular formula is C13H15F2N3O. The summed E-state index contributed by atoms with van der Waals surface area (Å²) in [5.41, 5.74) is 0.0528. The molecule has 1 aromatic carbocycles. The van der Waals surface area contributed by atoms with Gasteiger partial charge >= 0.3 is 0 Å². The van der Waals surface area contributed by atoms with Crippen LogP contribution in [-0.2, 0) is 4.74 Å². The molecule has 1 atom stereocenters. The predicted octanol–water partition coefficient (Wildman–Crippen LogP) is 3.11. The van der Waals surface area contributed by atoms with Crippen LogP contribution in [0.2, 0.25) is 0 Å². The summed E-state index contributed by atoms with van der Waals surface area (Å²) in [6.45, 7) is 2.44. The van der Waals surface area contributed by atoms with Gasteiger partial charge in [0.05, 0.1) is 18.3 Å². The highest BCUT2D eigenvalue weighted by Crippen LogP contribution is 2.22. The highest BCUT2D eigenvalue weighted by atomic mass is 19.1. The molecule has 0 radical (unpaired) electrons. The summed E-state index contributed by atoms with van der Waals surface area (Å²) in [7, 11) is 1.60. The van der Waals surface area contributed by atoms with Crippen molar-refractivity contribution in [2.45, 2.75) is 13.0 Å². The number of halogens is 2. The lowest BCUT2D eigenvalue weighted by molar-refractivity contribution is 0.163. The number of rotatable bonds is 5. The quantitative estimate of drug-likeness (QED) is 0.904. The molecule has 1 heterocycles. The minimum absolute atomic E-state index is 0.0339. The van der Waals surface area contributed by atoms with Crippen molar-refractivity contribution in [3.05, 3.63) is 42.2 Å². The molecule has 2 aromatic rings. The van der Waals surface area contributed by atoms with Gasteiger partial charge in [0, 0.05) is 25.6 Å². The molecule has 6 heteroatoms. The van der Waals surface area contributed by atoms with Gasteiger partial charge in [-0.05, 0) is 19.1 Å². The minimum atomic E-state index is -0.532. The Labute approximate surface area is 110 Å². The zero-order valence-corrected chi connectivity index (χ0v) is 10.7. The van der Waals surface area contributed by atoms with E-state index in [4.69, 9.17) is 4.74 Å². The molecule has 4 nitrogen and oxygen atoms in total. The first-order chi connectivity index (χ1) is 9.11. The zero-order chi connectivity index (χ0) is 13.8. The summed E-state index contributed by atoms with van der Waals surface area (Å²) in [5, 5.41) is 2.78. The molecule has 0 amide bonds. The van der Waals surface area contributed by atoms with E-state index in [1.165, 1.54) is 0 Å². The largest absolute Gasteiger partial charge is 0.383 e. The maximum absolute atomic E-state index is 13.6. The average molecular weight is 267 g/mol. The van der Waals surface area contributed by atoms with Gasteiger partial charge in [-0.3, -0.25) is 0 Å². The average Bonchev–Trinajstić information content (AvgIpc) is 2.82. The van der Waals surface area contributed by atoms with E-state index in [0.29, 0.717) is 12.6 Å². The van der Waals surface area contributed by atoms with Crippen LogP contribution in [0.15, 0.2) is 30.6 Å². The van der Waals surface area contributed by atoms with Crippen molar-refractivity contribution >= 4 is 11.6 Å². The number of hydrogen-bond acceptors (Lipinski definition) is 3. The number of methoxy groups -OCH3 is 1. The van der Waals surface area contributed by atoms with Crippen molar-refractivity contribution in [2.24, 2.45) is 0 Å². The third-order valence-electron chi connectivity index (χ3n) is 2.73. The molecule has 0 saturated heterocycles. The summed E-state index contributed by atoms with van der Waals surface area (Å²) < 4.78 is 33.5. The van der Waals surface area contributed by atoms with E-state index < -0.39 is 11.6 Å². The van der Waals surface area contributed by atoms with Gasteiger partial charge in [0.2, 0.25) is 5.95 Å². The van der Waals surface area contributed by atoms with Crippen molar-refractivity contribution in [1.29, 1.82) is 0 Å². The fraction of sp³-hybridized carbons (Fsp3) is 0.308. The predicted molar refractivity (Wildman–Crippen MR) is 68.5 cm³/mol. The van der Waals surface area contributed by atoms with E-state index in [1.54, 1.807) is 24.1 Å². The van der Waals surface area contributed by atoms with Crippen LogP contribution >= 0.6 is 0 Å². The van der Waals surface area contributed by atoms with E-state index in [0.717, 1.165) is 18.2 Å². The first-order valence-electron chi connectivity index (χ1n) is 5.85. The maximum Gasteiger partial charge on any atom is 0.207 e. The Hall–Kier alpha value is -1.95. The number of imidazole rings is 1. The number of ether oxygens (including phenoxy) is 1. The van der Waals surface area contributed by atoms with Crippen molar-refractivity contribution in [3.63, 3.8) is 0 Å². The van der Waals surface area contributed by atoms with Crippen molar-refractivity contribution in [2.75, 3.05) is 19.0 Å². The Kier molecular flexibility index (Phi) is 4.11. The van der Waals surface area contributed by atoms with Crippen LogP contribution in [0.3, 0.4) is 0 Å². The molecule has 0 fully saturated rings. The Bertz CT molecular complexity index is 557. The first kappa shape index (κ1) is 13.5. The number of hydrogen-bond donors (Lipinski definition) is 1. The third-order valence-corrected chi connectivity index (χ3v) is 2.73. The van der Waals surface area contributed by atoms with Crippen LogP contribution in [0, 0.1) is 11.6 Å². The van der Waals surface area contributed by atoms with E-state index in [9.17, 15) is 8.78 Å². The van der Waals surface area contributed by atoms with Crippen LogP contribution in [0.5, 0.6) is 0 Å². The second-order valence-electron chi connectivity index (χ2n) is 4.21. The van der Waals surface area contributed by atoms with E-state index in [-0.39, 0.29) is 11.7 Å². The van der Waals surface area contributed by atoms with Gasteiger partial charge in [-0.2, -0.15) is 0 Å². The van der Waals surface area contributed by atoms with Gasteiger partial charge < -0.3 is 14.6 Å². The summed E-state index contributed by atoms with van der Waals surface area (Å²) >= 11 is 0. The number of anilines is 2. The van der Waals surface area contributed by atoms with Gasteiger partial charge in [-0.15, -0.1) is 0 Å². The molecule has 0 saturated carbocycles. The van der Waals surface area contributed by atoms with Gasteiger partial charge in [-0.1, -0.05) is 0 Å². The molecular weight excluding hydrogens is 252 g/mol. The van der Waals surface area contributed by atoms with Crippen LogP contribution in [0.4, 0.5) is 20.4 Å². The molecule has 0 spiro atoms. The number of nitrogens with zero attached hydrogens (tertiary/aromatic N) is 2. The lowest BCUT2D eigenvalue weighted by atomic mass is 10.3. The third kappa shape index (κ3) is 3.08. The second kappa shape index (κ2) is 5.79. The van der Waals surface area contributed by atoms with Gasteiger partial charge in [0.25, 0.3) is 0 Å². The van der Waals surface area contributed by atoms with Crippen molar-refractivity contribution in [3.8, 4) is 0 Å². The lowest BCUT2D eigenvalue weighted by Crippen LogP contribution is -2.13. The lowest BCUT2D eigenvalue weighted by Gasteiger charge is -2.16. The van der Waals surface area contributed by atoms with E-state index >= 15 is 0 Å². The molecule has 1 unspecified atom stereocenters. The van der Waals surface area contributed by atoms with Crippen LogP contribution in [0.25, 0.3) is 0 Å². The molecule has 0 aliphatic heterocycles. The molecule has 19 heavy (non-hydrogen) atoms. The molecule has 1 aromatic heterocycles. The van der Waals surface area contributed by atoms with E-state index in [2.05, 4.69) is 10.3 Å². The molecule has 2 rings (SSSR count). The van der Waals surface area contributed by atoms with Crippen LogP contribution < -0.4 is 5.32 Å². The van der Waals surface area contributed by atoms with E-state index in [1.807, 2.05) is 6.92 Å². The van der Waals surface area contributed by atoms with Gasteiger partial charge in [0.1, 0.15) is 11.6 Å². The monoisotopic (exact) mass is 267 g/mol. The highest BCUT2D eigenvalue weighted by Gasteiger charge is 2.12. The molecule has 102 valence electrons. The molecule has 1 N–H and O–H groups in total. The summed E-state index contributed by atoms with van der Waals surface area (Å²) in [5.74, 6) is -0.601. The van der Waals surface area contributed by atoms with Crippen LogP contribution in [-0.4, -0.2) is 23.3 Å². The zero-order valence-electron chi connectivity index (χ0n) is 10.7. The second-order valence-corrected chi connectivity index (χ2v) is 4.21. The summed E-state index contributed by atoms with van der Waals surface area (Å²) in [4.78, 5) is 4.09. The normalized spacial score (nSPS) is 12.4. The van der Waals surface area contributed by atoms with Crippen molar-refractivity contribution < 1.29 is 13.5 Å². The fourth-order valence-corrected chi connectivity index (χ4v) is 1.80. The Balaban J connectivity index is 2.24. The SMILES string of the molecule is COCC(C)n1ccnc1Nc1cc(F)ccc1F. The summed E-state index contributed by atoms with van der Waals surface area (Å²) in [6.07, 6.45) is 3.34. The number of nitrogens with one attached hydrogen (secondary N) is 1. The summed E-state index contributed by atoms with van der Waals surface area (Å²) in [6, 6.07) is 3.27. The fourth-order valence-electron chi connectivity index (χ4n) is 1.80. The van der Waals surface area contributed by atoms with Gasteiger partial charge in [0.15, 0.2) is 0 Å². The Morgan fingerprint density at radius 1 is 1.42 bits per heavy atom. The molecule has 0 aliphatic rings. The number of benzene rings is 1. The topological polar surface area (TPSA) is 39.1 Å². The smallest absolute Gasteiger partial charge is 0.207 e. The standard InChI is InChI=1S/C13H15F2N3O/c1-9(8-19-2)18-6-5-16-13(18)17-12-7-10(14)3-4-11(12)15/h3-7,9H,8H2,1-2H3,(H,16,17). The number of aromatic nitrogens is 2. The van der Waals surface area contributed by atoms with Gasteiger partial charge in [-0.25, -0.2) is 13.8 Å². The Morgan fingerprint density at radius 2 is 2.21 bits per heavy atom. The molecule has 0 bridgehead atoms. The van der Waals surface area contributed by atoms with Crippen LogP contribution in [0.1, 0.15) is 13.0 Å². The minimum Gasteiger partial charge on any atom is -0.383 e. The van der Waals surface area contributed by atoms with Crippen molar-refractivity contribution in [1.82, 2.24) is 9.55 Å².